The van der Waals surface area contributed by atoms with Gasteiger partial charge in [-0.15, -0.1) is 8.42 Å². The highest BCUT2D eigenvalue weighted by atomic mass is 32.3. The Morgan fingerprint density at radius 3 is 1.56 bits per heavy atom. The van der Waals surface area contributed by atoms with E-state index in [0.717, 1.165) is 10.8 Å². The number of rotatable bonds is 4. The third-order valence-electron chi connectivity index (χ3n) is 3.58. The molecule has 0 aliphatic carbocycles. The molecule has 4 rings (SSSR count). The Morgan fingerprint density at radius 1 is 0.640 bits per heavy atom. The summed E-state index contributed by atoms with van der Waals surface area (Å²) in [4.78, 5) is 8.33. The van der Waals surface area contributed by atoms with Crippen LogP contribution in [0.1, 0.15) is 0 Å². The van der Waals surface area contributed by atoms with E-state index in [2.05, 4.69) is 9.97 Å². The summed E-state index contributed by atoms with van der Waals surface area (Å²) in [5, 5.41) is 1.53. The van der Waals surface area contributed by atoms with E-state index in [1.165, 1.54) is 12.1 Å². The molecule has 0 atom stereocenters. The fourth-order valence-electron chi connectivity index (χ4n) is 2.52. The topological polar surface area (TPSA) is 78.4 Å². The van der Waals surface area contributed by atoms with Gasteiger partial charge in [0.15, 0.2) is 11.5 Å². The monoisotopic (exact) mass is 352 g/mol. The van der Waals surface area contributed by atoms with Crippen LogP contribution in [-0.2, 0) is 10.4 Å². The molecule has 0 aliphatic heterocycles. The zero-order valence-corrected chi connectivity index (χ0v) is 13.7. The predicted molar refractivity (Wildman–Crippen MR) is 93.7 cm³/mol. The van der Waals surface area contributed by atoms with Crippen LogP contribution in [0.4, 0.5) is 0 Å². The lowest BCUT2D eigenvalue weighted by atomic mass is 10.2. The van der Waals surface area contributed by atoms with Crippen LogP contribution in [0, 0.1) is 0 Å². The molecule has 0 aliphatic rings. The fourth-order valence-corrected chi connectivity index (χ4v) is 3.27. The Balaban J connectivity index is 1.70. The van der Waals surface area contributed by atoms with Gasteiger partial charge < -0.3 is 8.37 Å². The van der Waals surface area contributed by atoms with E-state index in [-0.39, 0.29) is 11.5 Å². The molecule has 2 aromatic heterocycles. The van der Waals surface area contributed by atoms with Crippen LogP contribution in [0.15, 0.2) is 73.1 Å². The first-order valence-electron chi connectivity index (χ1n) is 7.44. The first-order valence-corrected chi connectivity index (χ1v) is 8.77. The molecular weight excluding hydrogens is 340 g/mol. The van der Waals surface area contributed by atoms with Crippen molar-refractivity contribution in [2.75, 3.05) is 0 Å². The SMILES string of the molecule is O=S(=O)(Oc1cccc2cccnc12)Oc1cccc2cccnc12. The van der Waals surface area contributed by atoms with E-state index in [9.17, 15) is 8.42 Å². The Bertz CT molecular complexity index is 1080. The van der Waals surface area contributed by atoms with E-state index in [0.29, 0.717) is 11.0 Å². The van der Waals surface area contributed by atoms with Gasteiger partial charge in [-0.2, -0.15) is 0 Å². The van der Waals surface area contributed by atoms with Gasteiger partial charge in [0.2, 0.25) is 0 Å². The summed E-state index contributed by atoms with van der Waals surface area (Å²) in [7, 11) is -4.35. The van der Waals surface area contributed by atoms with Crippen LogP contribution in [0.5, 0.6) is 11.5 Å². The molecule has 2 aromatic carbocycles. The van der Waals surface area contributed by atoms with Crippen LogP contribution in [-0.4, -0.2) is 18.4 Å². The van der Waals surface area contributed by atoms with Gasteiger partial charge in [0, 0.05) is 23.2 Å². The van der Waals surface area contributed by atoms with Gasteiger partial charge in [0.05, 0.1) is 0 Å². The number of benzene rings is 2. The third kappa shape index (κ3) is 3.09. The Hall–Kier alpha value is -3.19. The second-order valence-corrected chi connectivity index (χ2v) is 6.39. The van der Waals surface area contributed by atoms with Crippen molar-refractivity contribution in [2.45, 2.75) is 0 Å². The number of para-hydroxylation sites is 2. The summed E-state index contributed by atoms with van der Waals surface area (Å²) < 4.78 is 35.0. The summed E-state index contributed by atoms with van der Waals surface area (Å²) in [5.41, 5.74) is 0.876. The molecule has 7 heteroatoms. The van der Waals surface area contributed by atoms with Crippen molar-refractivity contribution in [3.8, 4) is 11.5 Å². The molecule has 2 heterocycles. The van der Waals surface area contributed by atoms with Crippen molar-refractivity contribution in [3.05, 3.63) is 73.1 Å². The lowest BCUT2D eigenvalue weighted by Gasteiger charge is -2.10. The maximum Gasteiger partial charge on any atom is 0.501 e. The standard InChI is InChI=1S/C18H12N2O4S/c21-25(22,23-15-9-1-5-13-7-3-11-19-17(13)15)24-16-10-2-6-14-8-4-12-20-18(14)16/h1-12H. The van der Waals surface area contributed by atoms with Crippen molar-refractivity contribution in [1.82, 2.24) is 9.97 Å². The number of aromatic nitrogens is 2. The lowest BCUT2D eigenvalue weighted by Crippen LogP contribution is -2.17. The normalized spacial score (nSPS) is 11.5. The average Bonchev–Trinajstić information content (AvgIpc) is 2.62. The zero-order chi connectivity index (χ0) is 17.3. The van der Waals surface area contributed by atoms with Gasteiger partial charge in [0.25, 0.3) is 0 Å². The molecule has 6 nitrogen and oxygen atoms in total. The molecule has 0 radical (unpaired) electrons. The van der Waals surface area contributed by atoms with Gasteiger partial charge in [-0.3, -0.25) is 9.97 Å². The summed E-state index contributed by atoms with van der Waals surface area (Å²) in [6.45, 7) is 0. The molecule has 25 heavy (non-hydrogen) atoms. The van der Waals surface area contributed by atoms with E-state index >= 15 is 0 Å². The Morgan fingerprint density at radius 2 is 1.08 bits per heavy atom. The molecule has 0 N–H and O–H groups in total. The maximum atomic E-state index is 12.4. The molecule has 0 amide bonds. The van der Waals surface area contributed by atoms with Crippen molar-refractivity contribution < 1.29 is 16.8 Å². The van der Waals surface area contributed by atoms with E-state index < -0.39 is 10.4 Å². The summed E-state index contributed by atoms with van der Waals surface area (Å²) >= 11 is 0. The van der Waals surface area contributed by atoms with Crippen molar-refractivity contribution in [3.63, 3.8) is 0 Å². The van der Waals surface area contributed by atoms with Crippen molar-refractivity contribution >= 4 is 32.2 Å². The van der Waals surface area contributed by atoms with Gasteiger partial charge >= 0.3 is 10.4 Å². The van der Waals surface area contributed by atoms with Gasteiger partial charge in [-0.25, -0.2) is 0 Å². The number of hydrogen-bond acceptors (Lipinski definition) is 6. The molecule has 0 saturated heterocycles. The molecule has 0 saturated carbocycles. The minimum Gasteiger partial charge on any atom is -0.350 e. The maximum absolute atomic E-state index is 12.4. The van der Waals surface area contributed by atoms with Gasteiger partial charge in [-0.1, -0.05) is 36.4 Å². The lowest BCUT2D eigenvalue weighted by molar-refractivity contribution is 0.395. The highest BCUT2D eigenvalue weighted by Crippen LogP contribution is 2.27. The molecule has 124 valence electrons. The van der Waals surface area contributed by atoms with Crippen LogP contribution in [0.2, 0.25) is 0 Å². The van der Waals surface area contributed by atoms with Crippen LogP contribution >= 0.6 is 0 Å². The van der Waals surface area contributed by atoms with E-state index in [4.69, 9.17) is 8.37 Å². The molecule has 0 spiro atoms. The number of nitrogens with zero attached hydrogens (tertiary/aromatic N) is 2. The van der Waals surface area contributed by atoms with Gasteiger partial charge in [0.1, 0.15) is 11.0 Å². The van der Waals surface area contributed by atoms with Crippen molar-refractivity contribution in [2.24, 2.45) is 0 Å². The molecule has 0 unspecified atom stereocenters. The highest BCUT2D eigenvalue weighted by Gasteiger charge is 2.19. The minimum absolute atomic E-state index is 0.103. The summed E-state index contributed by atoms with van der Waals surface area (Å²) in [5.74, 6) is 0.206. The molecule has 0 fully saturated rings. The third-order valence-corrected chi connectivity index (χ3v) is 4.34. The Labute approximate surface area is 144 Å². The molecule has 0 bridgehead atoms. The number of hydrogen-bond donors (Lipinski definition) is 0. The van der Waals surface area contributed by atoms with Crippen molar-refractivity contribution in [1.29, 1.82) is 0 Å². The largest absolute Gasteiger partial charge is 0.501 e. The number of fused-ring (bicyclic) bond motifs is 2. The molecular formula is C18H12N2O4S. The Kier molecular flexibility index (Phi) is 3.70. The minimum atomic E-state index is -4.35. The van der Waals surface area contributed by atoms with Crippen LogP contribution < -0.4 is 8.37 Å². The van der Waals surface area contributed by atoms with Crippen LogP contribution in [0.25, 0.3) is 21.8 Å². The summed E-state index contributed by atoms with van der Waals surface area (Å²) in [6.07, 6.45) is 3.13. The smallest absolute Gasteiger partial charge is 0.350 e. The molecule has 4 aromatic rings. The number of pyridine rings is 2. The van der Waals surface area contributed by atoms with E-state index in [1.807, 2.05) is 24.3 Å². The van der Waals surface area contributed by atoms with Gasteiger partial charge in [-0.05, 0) is 24.3 Å². The second-order valence-electron chi connectivity index (χ2n) is 5.24. The zero-order valence-electron chi connectivity index (χ0n) is 12.9. The fraction of sp³-hybridized carbons (Fsp3) is 0. The van der Waals surface area contributed by atoms with Crippen LogP contribution in [0.3, 0.4) is 0 Å². The highest BCUT2D eigenvalue weighted by molar-refractivity contribution is 7.82. The second kappa shape index (κ2) is 6.03. The first-order chi connectivity index (χ1) is 12.1. The predicted octanol–water partition coefficient (Wildman–Crippen LogP) is 3.49. The average molecular weight is 352 g/mol. The first kappa shape index (κ1) is 15.3. The summed E-state index contributed by atoms with van der Waals surface area (Å²) in [6, 6.07) is 17.2. The van der Waals surface area contributed by atoms with E-state index in [1.54, 1.807) is 36.7 Å². The quantitative estimate of drug-likeness (QED) is 0.559.